The number of hydrogen-bond donors (Lipinski definition) is 2. The summed E-state index contributed by atoms with van der Waals surface area (Å²) in [6.45, 7) is 1.97. The van der Waals surface area contributed by atoms with Gasteiger partial charge in [0.2, 0.25) is 0 Å². The van der Waals surface area contributed by atoms with Crippen molar-refractivity contribution in [3.05, 3.63) is 30.3 Å². The molecule has 0 amide bonds. The van der Waals surface area contributed by atoms with Crippen molar-refractivity contribution in [1.29, 1.82) is 0 Å². The van der Waals surface area contributed by atoms with Gasteiger partial charge in [-0.05, 0) is 19.1 Å². The summed E-state index contributed by atoms with van der Waals surface area (Å²) >= 11 is 4.30. The molecule has 2 aromatic rings. The van der Waals surface area contributed by atoms with Crippen LogP contribution in [0.25, 0.3) is 11.3 Å². The molecule has 0 aliphatic heterocycles. The van der Waals surface area contributed by atoms with Gasteiger partial charge in [0.25, 0.3) is 6.01 Å². The van der Waals surface area contributed by atoms with E-state index in [0.717, 1.165) is 11.3 Å². The number of anilines is 1. The lowest BCUT2D eigenvalue weighted by molar-refractivity contribution is 0.581. The van der Waals surface area contributed by atoms with Gasteiger partial charge in [-0.1, -0.05) is 0 Å². The lowest BCUT2D eigenvalue weighted by Gasteiger charge is -2.03. The summed E-state index contributed by atoms with van der Waals surface area (Å²) in [6.07, 6.45) is 3.25. The third kappa shape index (κ3) is 2.12. The Kier molecular flexibility index (Phi) is 2.64. The van der Waals surface area contributed by atoms with Crippen LogP contribution in [0.4, 0.5) is 6.01 Å². The first kappa shape index (κ1) is 10.0. The summed E-state index contributed by atoms with van der Waals surface area (Å²) in [5.74, 6) is 0. The fourth-order valence-corrected chi connectivity index (χ4v) is 1.38. The molecule has 5 heteroatoms. The van der Waals surface area contributed by atoms with Gasteiger partial charge in [0.15, 0.2) is 0 Å². The van der Waals surface area contributed by atoms with E-state index in [9.17, 15) is 0 Å². The predicted molar refractivity (Wildman–Crippen MR) is 61.5 cm³/mol. The van der Waals surface area contributed by atoms with E-state index in [1.807, 2.05) is 19.1 Å². The molecule has 0 spiro atoms. The standard InChI is InChI=1S/C10H11N3OS/c1-6(15)8-3-2-7(4-12-8)9-5-14-10(11)13-9/h2-6,15H,1H3,(H2,11,13). The first-order valence-corrected chi connectivity index (χ1v) is 5.04. The summed E-state index contributed by atoms with van der Waals surface area (Å²) in [6, 6.07) is 4.00. The predicted octanol–water partition coefficient (Wildman–Crippen LogP) is 2.31. The largest absolute Gasteiger partial charge is 0.432 e. The highest BCUT2D eigenvalue weighted by Crippen LogP contribution is 2.21. The molecule has 2 N–H and O–H groups in total. The van der Waals surface area contributed by atoms with Gasteiger partial charge in [-0.25, -0.2) is 0 Å². The summed E-state index contributed by atoms with van der Waals surface area (Å²) in [5.41, 5.74) is 7.89. The number of nitrogen functional groups attached to an aromatic ring is 1. The Morgan fingerprint density at radius 1 is 1.47 bits per heavy atom. The molecule has 1 unspecified atom stereocenters. The van der Waals surface area contributed by atoms with E-state index in [1.54, 1.807) is 6.20 Å². The zero-order valence-corrected chi connectivity index (χ0v) is 9.11. The second kappa shape index (κ2) is 3.94. The van der Waals surface area contributed by atoms with Gasteiger partial charge in [0.1, 0.15) is 12.0 Å². The van der Waals surface area contributed by atoms with Crippen LogP contribution in [0.15, 0.2) is 29.0 Å². The molecule has 0 radical (unpaired) electrons. The van der Waals surface area contributed by atoms with E-state index in [0.29, 0.717) is 5.69 Å². The van der Waals surface area contributed by atoms with Crippen molar-refractivity contribution >= 4 is 18.6 Å². The Morgan fingerprint density at radius 3 is 2.73 bits per heavy atom. The Labute approximate surface area is 92.9 Å². The molecule has 2 rings (SSSR count). The van der Waals surface area contributed by atoms with Crippen molar-refractivity contribution in [2.75, 3.05) is 5.73 Å². The van der Waals surface area contributed by atoms with E-state index in [4.69, 9.17) is 10.2 Å². The highest BCUT2D eigenvalue weighted by Gasteiger charge is 2.05. The summed E-state index contributed by atoms with van der Waals surface area (Å²) in [7, 11) is 0. The van der Waals surface area contributed by atoms with E-state index in [1.165, 1.54) is 6.26 Å². The Hall–Kier alpha value is -1.49. The first-order valence-electron chi connectivity index (χ1n) is 4.52. The van der Waals surface area contributed by atoms with Crippen LogP contribution in [0.3, 0.4) is 0 Å². The van der Waals surface area contributed by atoms with Gasteiger partial charge in [-0.2, -0.15) is 17.6 Å². The molecule has 0 aromatic carbocycles. The summed E-state index contributed by atoms with van der Waals surface area (Å²) in [5, 5.41) is 0.126. The maximum atomic E-state index is 5.38. The minimum absolute atomic E-state index is 0.126. The topological polar surface area (TPSA) is 64.9 Å². The molecule has 0 aliphatic carbocycles. The average molecular weight is 221 g/mol. The van der Waals surface area contributed by atoms with Crippen molar-refractivity contribution in [2.45, 2.75) is 12.2 Å². The van der Waals surface area contributed by atoms with Gasteiger partial charge in [-0.15, -0.1) is 0 Å². The quantitative estimate of drug-likeness (QED) is 0.764. The van der Waals surface area contributed by atoms with Crippen molar-refractivity contribution in [1.82, 2.24) is 9.97 Å². The van der Waals surface area contributed by atoms with Crippen LogP contribution in [0.1, 0.15) is 17.9 Å². The zero-order chi connectivity index (χ0) is 10.8. The van der Waals surface area contributed by atoms with Crippen LogP contribution in [-0.2, 0) is 0 Å². The van der Waals surface area contributed by atoms with Crippen molar-refractivity contribution in [3.8, 4) is 11.3 Å². The maximum Gasteiger partial charge on any atom is 0.292 e. The number of hydrogen-bond acceptors (Lipinski definition) is 5. The van der Waals surface area contributed by atoms with E-state index in [2.05, 4.69) is 22.6 Å². The van der Waals surface area contributed by atoms with Gasteiger partial charge in [-0.3, -0.25) is 4.98 Å². The third-order valence-corrected chi connectivity index (χ3v) is 2.30. The summed E-state index contributed by atoms with van der Waals surface area (Å²) in [4.78, 5) is 8.27. The molecular formula is C10H11N3OS. The second-order valence-electron chi connectivity index (χ2n) is 3.22. The fourth-order valence-electron chi connectivity index (χ4n) is 1.22. The molecule has 4 nitrogen and oxygen atoms in total. The van der Waals surface area contributed by atoms with Crippen LogP contribution in [0.2, 0.25) is 0 Å². The molecule has 78 valence electrons. The van der Waals surface area contributed by atoms with Crippen LogP contribution in [-0.4, -0.2) is 9.97 Å². The Balaban J connectivity index is 2.31. The lowest BCUT2D eigenvalue weighted by atomic mass is 10.2. The van der Waals surface area contributed by atoms with Crippen molar-refractivity contribution in [2.24, 2.45) is 0 Å². The highest BCUT2D eigenvalue weighted by molar-refractivity contribution is 7.80. The van der Waals surface area contributed by atoms with Crippen LogP contribution < -0.4 is 5.73 Å². The number of rotatable bonds is 2. The van der Waals surface area contributed by atoms with Crippen LogP contribution in [0, 0.1) is 0 Å². The number of pyridine rings is 1. The molecule has 2 aromatic heterocycles. The zero-order valence-electron chi connectivity index (χ0n) is 8.21. The SMILES string of the molecule is CC(S)c1ccc(-c2coc(N)n2)cn1. The minimum atomic E-state index is 0.126. The number of nitrogens with two attached hydrogens (primary N) is 1. The molecule has 0 fully saturated rings. The van der Waals surface area contributed by atoms with Crippen molar-refractivity contribution in [3.63, 3.8) is 0 Å². The Morgan fingerprint density at radius 2 is 2.27 bits per heavy atom. The number of oxazole rings is 1. The van der Waals surface area contributed by atoms with Crippen LogP contribution in [0.5, 0.6) is 0 Å². The molecule has 0 aliphatic rings. The van der Waals surface area contributed by atoms with Gasteiger partial charge in [0.05, 0.1) is 5.69 Å². The molecular weight excluding hydrogens is 210 g/mol. The smallest absolute Gasteiger partial charge is 0.292 e. The Bertz CT molecular complexity index is 450. The normalized spacial score (nSPS) is 12.7. The minimum Gasteiger partial charge on any atom is -0.432 e. The monoisotopic (exact) mass is 221 g/mol. The molecule has 2 heterocycles. The van der Waals surface area contributed by atoms with Gasteiger partial charge < -0.3 is 10.2 Å². The third-order valence-electron chi connectivity index (χ3n) is 2.03. The van der Waals surface area contributed by atoms with E-state index >= 15 is 0 Å². The number of thiol groups is 1. The molecule has 1 atom stereocenters. The van der Waals surface area contributed by atoms with Gasteiger partial charge >= 0.3 is 0 Å². The average Bonchev–Trinajstić information content (AvgIpc) is 2.65. The second-order valence-corrected chi connectivity index (χ2v) is 3.99. The van der Waals surface area contributed by atoms with Gasteiger partial charge in [0, 0.05) is 17.0 Å². The molecule has 0 saturated heterocycles. The number of nitrogens with zero attached hydrogens (tertiary/aromatic N) is 2. The van der Waals surface area contributed by atoms with E-state index in [-0.39, 0.29) is 11.3 Å². The first-order chi connectivity index (χ1) is 7.16. The van der Waals surface area contributed by atoms with Crippen LogP contribution >= 0.6 is 12.6 Å². The maximum absolute atomic E-state index is 5.38. The molecule has 0 saturated carbocycles. The molecule has 0 bridgehead atoms. The summed E-state index contributed by atoms with van der Waals surface area (Å²) < 4.78 is 4.92. The number of aromatic nitrogens is 2. The highest BCUT2D eigenvalue weighted by atomic mass is 32.1. The molecule has 15 heavy (non-hydrogen) atoms. The fraction of sp³-hybridized carbons (Fsp3) is 0.200. The lowest BCUT2D eigenvalue weighted by Crippen LogP contribution is -1.90. The van der Waals surface area contributed by atoms with E-state index < -0.39 is 0 Å². The van der Waals surface area contributed by atoms with Crippen molar-refractivity contribution < 1.29 is 4.42 Å².